The van der Waals surface area contributed by atoms with Gasteiger partial charge in [-0.3, -0.25) is 19.3 Å². The summed E-state index contributed by atoms with van der Waals surface area (Å²) >= 11 is 1.75. The molecular formula is C21H21N5O2S. The van der Waals surface area contributed by atoms with Crippen molar-refractivity contribution in [2.45, 2.75) is 24.3 Å². The molecule has 29 heavy (non-hydrogen) atoms. The van der Waals surface area contributed by atoms with E-state index in [1.807, 2.05) is 42.5 Å². The molecule has 1 aliphatic heterocycles. The molecule has 0 radical (unpaired) electrons. The third-order valence-corrected chi connectivity index (χ3v) is 5.60. The lowest BCUT2D eigenvalue weighted by atomic mass is 10.2. The number of nitrogens with one attached hydrogen (secondary N) is 1. The zero-order valence-electron chi connectivity index (χ0n) is 15.8. The molecule has 148 valence electrons. The van der Waals surface area contributed by atoms with E-state index in [9.17, 15) is 9.59 Å². The van der Waals surface area contributed by atoms with E-state index in [2.05, 4.69) is 15.4 Å². The molecule has 1 aromatic carbocycles. The van der Waals surface area contributed by atoms with Crippen molar-refractivity contribution in [3.8, 4) is 0 Å². The van der Waals surface area contributed by atoms with Gasteiger partial charge in [0, 0.05) is 48.5 Å². The first-order chi connectivity index (χ1) is 14.2. The monoisotopic (exact) mass is 407 g/mol. The molecule has 0 saturated carbocycles. The highest BCUT2D eigenvalue weighted by Gasteiger charge is 2.23. The summed E-state index contributed by atoms with van der Waals surface area (Å²) in [5.74, 6) is 1.08. The Hall–Kier alpha value is -3.13. The zero-order chi connectivity index (χ0) is 20.1. The number of nitrogens with zero attached hydrogens (tertiary/aromatic N) is 4. The SMILES string of the molecule is O=C(CCC(=O)N1CCSc2ccccc21)Nc1ccn(Cc2ccccn2)n1. The van der Waals surface area contributed by atoms with Gasteiger partial charge < -0.3 is 10.2 Å². The van der Waals surface area contributed by atoms with Crippen molar-refractivity contribution in [3.63, 3.8) is 0 Å². The number of rotatable bonds is 6. The molecule has 3 aromatic rings. The third-order valence-electron chi connectivity index (χ3n) is 4.55. The molecule has 2 aromatic heterocycles. The Morgan fingerprint density at radius 2 is 1.93 bits per heavy atom. The molecule has 0 bridgehead atoms. The smallest absolute Gasteiger partial charge is 0.227 e. The average Bonchev–Trinajstić information content (AvgIpc) is 3.19. The Labute approximate surface area is 173 Å². The van der Waals surface area contributed by atoms with Gasteiger partial charge in [-0.15, -0.1) is 11.8 Å². The highest BCUT2D eigenvalue weighted by molar-refractivity contribution is 7.99. The van der Waals surface area contributed by atoms with Gasteiger partial charge in [-0.05, 0) is 24.3 Å². The second kappa shape index (κ2) is 8.91. The van der Waals surface area contributed by atoms with Crippen LogP contribution in [0, 0.1) is 0 Å². The van der Waals surface area contributed by atoms with Crippen LogP contribution >= 0.6 is 11.8 Å². The summed E-state index contributed by atoms with van der Waals surface area (Å²) in [5.41, 5.74) is 1.82. The largest absolute Gasteiger partial charge is 0.310 e. The minimum absolute atomic E-state index is 0.0337. The molecular weight excluding hydrogens is 386 g/mol. The molecule has 0 spiro atoms. The molecule has 0 atom stereocenters. The van der Waals surface area contributed by atoms with Crippen LogP contribution in [0.1, 0.15) is 18.5 Å². The number of benzene rings is 1. The number of para-hydroxylation sites is 1. The fourth-order valence-electron chi connectivity index (χ4n) is 3.16. The van der Waals surface area contributed by atoms with Crippen LogP contribution in [-0.4, -0.2) is 38.9 Å². The molecule has 0 fully saturated rings. The van der Waals surface area contributed by atoms with Crippen molar-refractivity contribution in [1.29, 1.82) is 0 Å². The lowest BCUT2D eigenvalue weighted by molar-refractivity contribution is -0.122. The van der Waals surface area contributed by atoms with E-state index < -0.39 is 0 Å². The van der Waals surface area contributed by atoms with Gasteiger partial charge in [0.05, 0.1) is 17.9 Å². The molecule has 0 saturated heterocycles. The lowest BCUT2D eigenvalue weighted by Gasteiger charge is -2.29. The van der Waals surface area contributed by atoms with E-state index in [1.54, 1.807) is 39.8 Å². The highest BCUT2D eigenvalue weighted by atomic mass is 32.2. The summed E-state index contributed by atoms with van der Waals surface area (Å²) in [6, 6.07) is 15.3. The van der Waals surface area contributed by atoms with Crippen LogP contribution in [0.15, 0.2) is 65.8 Å². The number of hydrogen-bond donors (Lipinski definition) is 1. The van der Waals surface area contributed by atoms with Gasteiger partial charge in [0.15, 0.2) is 5.82 Å². The summed E-state index contributed by atoms with van der Waals surface area (Å²) in [7, 11) is 0. The number of fused-ring (bicyclic) bond motifs is 1. The standard InChI is InChI=1S/C21H21N5O2S/c27-20(23-19-10-12-25(24-19)15-16-5-3-4-11-22-16)8-9-21(28)26-13-14-29-18-7-2-1-6-17(18)26/h1-7,10-12H,8-9,13-15H2,(H,23,24,27). The number of anilines is 2. The minimum atomic E-state index is -0.221. The minimum Gasteiger partial charge on any atom is -0.310 e. The Morgan fingerprint density at radius 1 is 1.07 bits per heavy atom. The van der Waals surface area contributed by atoms with E-state index in [4.69, 9.17) is 0 Å². The number of thioether (sulfide) groups is 1. The Kier molecular flexibility index (Phi) is 5.90. The van der Waals surface area contributed by atoms with Crippen LogP contribution in [0.5, 0.6) is 0 Å². The number of carbonyl (C=O) groups is 2. The summed E-state index contributed by atoms with van der Waals surface area (Å²) in [5, 5.41) is 7.10. The van der Waals surface area contributed by atoms with E-state index >= 15 is 0 Å². The normalized spacial score (nSPS) is 13.0. The Morgan fingerprint density at radius 3 is 2.79 bits per heavy atom. The van der Waals surface area contributed by atoms with Crippen LogP contribution < -0.4 is 10.2 Å². The second-order valence-electron chi connectivity index (χ2n) is 6.63. The maximum atomic E-state index is 12.6. The zero-order valence-corrected chi connectivity index (χ0v) is 16.6. The predicted octanol–water partition coefficient (Wildman–Crippen LogP) is 3.18. The number of pyridine rings is 1. The van der Waals surface area contributed by atoms with Crippen molar-refractivity contribution in [2.24, 2.45) is 0 Å². The first kappa shape index (κ1) is 19.2. The topological polar surface area (TPSA) is 80.1 Å². The summed E-state index contributed by atoms with van der Waals surface area (Å²) in [6.45, 7) is 1.20. The molecule has 0 aliphatic carbocycles. The van der Waals surface area contributed by atoms with Crippen molar-refractivity contribution < 1.29 is 9.59 Å². The first-order valence-corrected chi connectivity index (χ1v) is 10.4. The van der Waals surface area contributed by atoms with Crippen LogP contribution in [0.3, 0.4) is 0 Å². The van der Waals surface area contributed by atoms with Gasteiger partial charge in [-0.2, -0.15) is 5.10 Å². The van der Waals surface area contributed by atoms with Gasteiger partial charge in [0.25, 0.3) is 0 Å². The quantitative estimate of drug-likeness (QED) is 0.679. The predicted molar refractivity (Wildman–Crippen MR) is 113 cm³/mol. The fraction of sp³-hybridized carbons (Fsp3) is 0.238. The molecule has 8 heteroatoms. The van der Waals surface area contributed by atoms with Gasteiger partial charge in [0.2, 0.25) is 11.8 Å². The number of aromatic nitrogens is 3. The average molecular weight is 407 g/mol. The first-order valence-electron chi connectivity index (χ1n) is 9.44. The molecule has 7 nitrogen and oxygen atoms in total. The van der Waals surface area contributed by atoms with E-state index in [1.165, 1.54) is 0 Å². The van der Waals surface area contributed by atoms with E-state index in [-0.39, 0.29) is 24.7 Å². The third kappa shape index (κ3) is 4.83. The van der Waals surface area contributed by atoms with E-state index in [0.29, 0.717) is 18.9 Å². The molecule has 0 unspecified atom stereocenters. The van der Waals surface area contributed by atoms with Gasteiger partial charge in [0.1, 0.15) is 0 Å². The van der Waals surface area contributed by atoms with Crippen LogP contribution in [0.4, 0.5) is 11.5 Å². The van der Waals surface area contributed by atoms with Crippen molar-refractivity contribution in [1.82, 2.24) is 14.8 Å². The van der Waals surface area contributed by atoms with E-state index in [0.717, 1.165) is 22.0 Å². The molecule has 2 amide bonds. The molecule has 1 N–H and O–H groups in total. The summed E-state index contributed by atoms with van der Waals surface area (Å²) in [6.07, 6.45) is 3.81. The Bertz CT molecular complexity index is 1010. The Balaban J connectivity index is 1.29. The molecule has 4 rings (SSSR count). The number of carbonyl (C=O) groups excluding carboxylic acids is 2. The van der Waals surface area contributed by atoms with Crippen LogP contribution in [0.2, 0.25) is 0 Å². The number of amides is 2. The second-order valence-corrected chi connectivity index (χ2v) is 7.77. The summed E-state index contributed by atoms with van der Waals surface area (Å²) < 4.78 is 1.71. The van der Waals surface area contributed by atoms with Gasteiger partial charge >= 0.3 is 0 Å². The van der Waals surface area contributed by atoms with Gasteiger partial charge in [-0.1, -0.05) is 18.2 Å². The highest BCUT2D eigenvalue weighted by Crippen LogP contribution is 2.34. The number of hydrogen-bond acceptors (Lipinski definition) is 5. The molecule has 3 heterocycles. The molecule has 1 aliphatic rings. The van der Waals surface area contributed by atoms with Crippen LogP contribution in [-0.2, 0) is 16.1 Å². The maximum Gasteiger partial charge on any atom is 0.227 e. The van der Waals surface area contributed by atoms with Crippen LogP contribution in [0.25, 0.3) is 0 Å². The van der Waals surface area contributed by atoms with Crippen molar-refractivity contribution >= 4 is 35.1 Å². The lowest BCUT2D eigenvalue weighted by Crippen LogP contribution is -2.35. The maximum absolute atomic E-state index is 12.6. The summed E-state index contributed by atoms with van der Waals surface area (Å²) in [4.78, 5) is 32.0. The van der Waals surface area contributed by atoms with Gasteiger partial charge in [-0.25, -0.2) is 0 Å². The van der Waals surface area contributed by atoms with Crippen molar-refractivity contribution in [3.05, 3.63) is 66.6 Å². The van der Waals surface area contributed by atoms with Crippen molar-refractivity contribution in [2.75, 3.05) is 22.5 Å². The fourth-order valence-corrected chi connectivity index (χ4v) is 4.16.